The van der Waals surface area contributed by atoms with Crippen molar-refractivity contribution in [3.05, 3.63) is 28.2 Å². The summed E-state index contributed by atoms with van der Waals surface area (Å²) in [6, 6.07) is 4.41. The third kappa shape index (κ3) is 1.33. The van der Waals surface area contributed by atoms with Crippen molar-refractivity contribution in [2.45, 2.75) is 0 Å². The molecule has 0 radical (unpaired) electrons. The Hall–Kier alpha value is -1.69. The zero-order valence-corrected chi connectivity index (χ0v) is 8.82. The molecule has 0 saturated heterocycles. The van der Waals surface area contributed by atoms with Gasteiger partial charge in [-0.3, -0.25) is 9.59 Å². The summed E-state index contributed by atoms with van der Waals surface area (Å²) in [5.74, 6) is -1.83. The zero-order chi connectivity index (χ0) is 11.2. The van der Waals surface area contributed by atoms with Crippen LogP contribution in [0.15, 0.2) is 22.7 Å². The van der Waals surface area contributed by atoms with Crippen LogP contribution in [0.1, 0.15) is 10.4 Å². The largest absolute Gasteiger partial charge is 0.464 e. The molecule has 0 atom stereocenters. The Bertz CT molecular complexity index is 497. The molecule has 76 valence electrons. The summed E-state index contributed by atoms with van der Waals surface area (Å²) < 4.78 is 0.620. The standard InChI is InChI=1S/C9H4BrNO4/c10-4-1-2-6-5(3-4)7(12)8(13)11(6)9(14)15/h1-3H,(H,14,15). The van der Waals surface area contributed by atoms with Gasteiger partial charge in [-0.1, -0.05) is 15.9 Å². The summed E-state index contributed by atoms with van der Waals surface area (Å²) in [6.07, 6.45) is -1.45. The average Bonchev–Trinajstić information content (AvgIpc) is 2.41. The SMILES string of the molecule is O=C1C(=O)N(C(=O)O)c2ccc(Br)cc21. The lowest BCUT2D eigenvalue weighted by Crippen LogP contribution is -2.34. The van der Waals surface area contributed by atoms with Crippen molar-refractivity contribution < 1.29 is 19.5 Å². The Morgan fingerprint density at radius 3 is 2.60 bits per heavy atom. The highest BCUT2D eigenvalue weighted by Crippen LogP contribution is 2.31. The van der Waals surface area contributed by atoms with Gasteiger partial charge in [-0.05, 0) is 18.2 Å². The molecule has 1 aliphatic heterocycles. The molecule has 0 aliphatic carbocycles. The van der Waals surface area contributed by atoms with Crippen molar-refractivity contribution in [3.8, 4) is 0 Å². The molecular weight excluding hydrogens is 266 g/mol. The van der Waals surface area contributed by atoms with E-state index in [1.807, 2.05) is 0 Å². The number of carboxylic acid groups (broad SMARTS) is 1. The lowest BCUT2D eigenvalue weighted by atomic mass is 10.1. The molecule has 0 bridgehead atoms. The van der Waals surface area contributed by atoms with E-state index in [-0.39, 0.29) is 11.3 Å². The minimum Gasteiger partial charge on any atom is -0.464 e. The maximum absolute atomic E-state index is 11.4. The Morgan fingerprint density at radius 1 is 1.33 bits per heavy atom. The third-order valence-electron chi connectivity index (χ3n) is 2.03. The first-order valence-electron chi connectivity index (χ1n) is 3.93. The van der Waals surface area contributed by atoms with Crippen molar-refractivity contribution >= 4 is 39.4 Å². The van der Waals surface area contributed by atoms with E-state index in [0.717, 1.165) is 0 Å². The fourth-order valence-corrected chi connectivity index (χ4v) is 1.76. The summed E-state index contributed by atoms with van der Waals surface area (Å²) in [5, 5.41) is 8.76. The molecule has 2 amide bonds. The van der Waals surface area contributed by atoms with Crippen LogP contribution in [-0.4, -0.2) is 22.9 Å². The molecule has 0 unspecified atom stereocenters. The molecule has 15 heavy (non-hydrogen) atoms. The van der Waals surface area contributed by atoms with Crippen molar-refractivity contribution in [1.82, 2.24) is 0 Å². The number of benzene rings is 1. The van der Waals surface area contributed by atoms with Crippen LogP contribution in [0.3, 0.4) is 0 Å². The number of hydrogen-bond donors (Lipinski definition) is 1. The first kappa shape index (κ1) is 9.85. The first-order valence-corrected chi connectivity index (χ1v) is 4.73. The molecule has 0 spiro atoms. The topological polar surface area (TPSA) is 74.7 Å². The lowest BCUT2D eigenvalue weighted by Gasteiger charge is -2.08. The Labute approximate surface area is 92.4 Å². The zero-order valence-electron chi connectivity index (χ0n) is 7.23. The third-order valence-corrected chi connectivity index (χ3v) is 2.53. The minimum atomic E-state index is -1.45. The summed E-state index contributed by atoms with van der Waals surface area (Å²) in [5.41, 5.74) is 0.220. The number of fused-ring (bicyclic) bond motifs is 1. The van der Waals surface area contributed by atoms with Gasteiger partial charge in [-0.2, -0.15) is 0 Å². The fraction of sp³-hybridized carbons (Fsp3) is 0. The number of hydrogen-bond acceptors (Lipinski definition) is 3. The van der Waals surface area contributed by atoms with Crippen molar-refractivity contribution in [2.24, 2.45) is 0 Å². The van der Waals surface area contributed by atoms with E-state index in [1.54, 1.807) is 6.07 Å². The summed E-state index contributed by atoms with van der Waals surface area (Å²) >= 11 is 3.14. The smallest absolute Gasteiger partial charge is 0.419 e. The fourth-order valence-electron chi connectivity index (χ4n) is 1.40. The van der Waals surface area contributed by atoms with Crippen LogP contribution < -0.4 is 4.90 Å². The summed E-state index contributed by atoms with van der Waals surface area (Å²) in [4.78, 5) is 33.9. The number of carbonyl (C=O) groups is 3. The second-order valence-electron chi connectivity index (χ2n) is 2.91. The maximum Gasteiger partial charge on any atom is 0.419 e. The van der Waals surface area contributed by atoms with Gasteiger partial charge < -0.3 is 5.11 Å². The molecule has 0 aromatic heterocycles. The first-order chi connectivity index (χ1) is 7.02. The van der Waals surface area contributed by atoms with Gasteiger partial charge in [-0.25, -0.2) is 9.69 Å². The lowest BCUT2D eigenvalue weighted by molar-refractivity contribution is -0.113. The normalized spacial score (nSPS) is 14.3. The Kier molecular flexibility index (Phi) is 2.08. The van der Waals surface area contributed by atoms with Gasteiger partial charge in [0.25, 0.3) is 5.78 Å². The van der Waals surface area contributed by atoms with Gasteiger partial charge in [0.05, 0.1) is 11.3 Å². The van der Waals surface area contributed by atoms with Crippen LogP contribution >= 0.6 is 15.9 Å². The number of anilines is 1. The van der Waals surface area contributed by atoms with E-state index >= 15 is 0 Å². The summed E-state index contributed by atoms with van der Waals surface area (Å²) in [7, 11) is 0. The second-order valence-corrected chi connectivity index (χ2v) is 3.83. The number of carbonyl (C=O) groups excluding carboxylic acids is 2. The number of nitrogens with zero attached hydrogens (tertiary/aromatic N) is 1. The second kappa shape index (κ2) is 3.16. The molecule has 1 aromatic carbocycles. The molecule has 1 aromatic rings. The molecule has 5 nitrogen and oxygen atoms in total. The predicted molar refractivity (Wildman–Crippen MR) is 54.0 cm³/mol. The number of Topliss-reactive ketones (excluding diaryl/α,β-unsaturated/α-hetero) is 1. The van der Waals surface area contributed by atoms with Crippen LogP contribution in [0.2, 0.25) is 0 Å². The maximum atomic E-state index is 11.4. The van der Waals surface area contributed by atoms with Crippen LogP contribution in [0.5, 0.6) is 0 Å². The minimum absolute atomic E-state index is 0.108. The van der Waals surface area contributed by atoms with Crippen LogP contribution in [0, 0.1) is 0 Å². The molecule has 1 heterocycles. The quantitative estimate of drug-likeness (QED) is 0.727. The van der Waals surface area contributed by atoms with Crippen LogP contribution in [0.25, 0.3) is 0 Å². The average molecular weight is 270 g/mol. The Balaban J connectivity index is 2.66. The van der Waals surface area contributed by atoms with Gasteiger partial charge in [-0.15, -0.1) is 0 Å². The molecule has 1 aliphatic rings. The molecule has 0 fully saturated rings. The molecule has 1 N–H and O–H groups in total. The van der Waals surface area contributed by atoms with Crippen LogP contribution in [-0.2, 0) is 4.79 Å². The van der Waals surface area contributed by atoms with Gasteiger partial charge in [0.1, 0.15) is 0 Å². The highest BCUT2D eigenvalue weighted by atomic mass is 79.9. The van der Waals surface area contributed by atoms with Crippen LogP contribution in [0.4, 0.5) is 10.5 Å². The molecule has 2 rings (SSSR count). The predicted octanol–water partition coefficient (Wildman–Crippen LogP) is 1.66. The number of halogens is 1. The molecule has 6 heteroatoms. The van der Waals surface area contributed by atoms with E-state index in [9.17, 15) is 14.4 Å². The van der Waals surface area contributed by atoms with Gasteiger partial charge in [0, 0.05) is 4.47 Å². The van der Waals surface area contributed by atoms with Gasteiger partial charge >= 0.3 is 12.0 Å². The van der Waals surface area contributed by atoms with E-state index in [1.165, 1.54) is 12.1 Å². The highest BCUT2D eigenvalue weighted by Gasteiger charge is 2.39. The Morgan fingerprint density at radius 2 is 2.00 bits per heavy atom. The van der Waals surface area contributed by atoms with Crippen molar-refractivity contribution in [1.29, 1.82) is 0 Å². The van der Waals surface area contributed by atoms with Crippen molar-refractivity contribution in [3.63, 3.8) is 0 Å². The van der Waals surface area contributed by atoms with E-state index in [2.05, 4.69) is 15.9 Å². The number of ketones is 1. The molecule has 0 saturated carbocycles. The summed E-state index contributed by atoms with van der Waals surface area (Å²) in [6.45, 7) is 0. The van der Waals surface area contributed by atoms with E-state index in [4.69, 9.17) is 5.11 Å². The molecular formula is C9H4BrNO4. The van der Waals surface area contributed by atoms with E-state index < -0.39 is 17.8 Å². The van der Waals surface area contributed by atoms with E-state index in [0.29, 0.717) is 9.37 Å². The highest BCUT2D eigenvalue weighted by molar-refractivity contribution is 9.10. The van der Waals surface area contributed by atoms with Gasteiger partial charge in [0.15, 0.2) is 0 Å². The van der Waals surface area contributed by atoms with Gasteiger partial charge in [0.2, 0.25) is 0 Å². The number of rotatable bonds is 0. The number of amides is 2. The monoisotopic (exact) mass is 269 g/mol. The number of imide groups is 1. The van der Waals surface area contributed by atoms with Crippen molar-refractivity contribution in [2.75, 3.05) is 4.90 Å².